The lowest BCUT2D eigenvalue weighted by atomic mass is 9.72. The second-order valence-corrected chi connectivity index (χ2v) is 24.0. The van der Waals surface area contributed by atoms with E-state index in [1.807, 2.05) is 18.2 Å². The van der Waals surface area contributed by atoms with Gasteiger partial charge in [-0.3, -0.25) is 10.1 Å². The highest BCUT2D eigenvalue weighted by molar-refractivity contribution is 8.76. The van der Waals surface area contributed by atoms with E-state index in [1.54, 1.807) is 27.7 Å². The molecule has 1 saturated carbocycles. The third-order valence-corrected chi connectivity index (χ3v) is 18.2. The van der Waals surface area contributed by atoms with Crippen LogP contribution in [0.25, 0.3) is 0 Å². The number of nitrogens with two attached hydrogens (primary N) is 1. The number of phenolic OH excluding ortho intramolecular Hbond substituents is 2. The molecule has 4 heterocycles. The van der Waals surface area contributed by atoms with Crippen molar-refractivity contribution in [2.45, 2.75) is 140 Å². The van der Waals surface area contributed by atoms with Gasteiger partial charge in [-0.05, 0) is 122 Å². The molecule has 2 aliphatic carbocycles. The van der Waals surface area contributed by atoms with Gasteiger partial charge in [-0.15, -0.1) is 0 Å². The van der Waals surface area contributed by atoms with Crippen molar-refractivity contribution in [2.75, 3.05) is 25.0 Å². The Balaban J connectivity index is 1.11. The first-order valence-electron chi connectivity index (χ1n) is 26.7. The molecule has 15 heteroatoms. The molecule has 4 aromatic carbocycles. The normalized spacial score (nSPS) is 26.3. The van der Waals surface area contributed by atoms with Crippen LogP contribution in [0.3, 0.4) is 0 Å². The molecule has 75 heavy (non-hydrogen) atoms. The minimum absolute atomic E-state index is 0.00771. The van der Waals surface area contributed by atoms with E-state index in [0.29, 0.717) is 72.0 Å². The predicted molar refractivity (Wildman–Crippen MR) is 296 cm³/mol. The minimum Gasteiger partial charge on any atom is -0.508 e. The number of ketones is 1. The van der Waals surface area contributed by atoms with Crippen LogP contribution in [0.5, 0.6) is 28.7 Å². The highest BCUT2D eigenvalue weighted by Gasteiger charge is 2.43. The Labute approximate surface area is 449 Å². The number of hydrogen-bond donors (Lipinski definition) is 8. The van der Waals surface area contributed by atoms with Gasteiger partial charge in [-0.25, -0.2) is 4.99 Å². The molecule has 398 valence electrons. The largest absolute Gasteiger partial charge is 0.508 e. The van der Waals surface area contributed by atoms with E-state index in [-0.39, 0.29) is 72.8 Å². The number of carbonyl (C=O) groups excluding carboxylic acids is 1. The molecule has 8 atom stereocenters. The van der Waals surface area contributed by atoms with Crippen molar-refractivity contribution in [3.8, 4) is 52.4 Å². The Hall–Kier alpha value is -5.52. The molecule has 0 amide bonds. The summed E-state index contributed by atoms with van der Waals surface area (Å²) < 4.78 is 19.2. The van der Waals surface area contributed by atoms with Crippen LogP contribution in [0.2, 0.25) is 0 Å². The van der Waals surface area contributed by atoms with Crippen molar-refractivity contribution in [1.29, 1.82) is 0 Å². The van der Waals surface area contributed by atoms with Crippen molar-refractivity contribution in [1.82, 2.24) is 10.6 Å². The summed E-state index contributed by atoms with van der Waals surface area (Å²) in [5, 5.41) is 62.7. The monoisotopic (exact) mass is 1060 g/mol. The van der Waals surface area contributed by atoms with Crippen LogP contribution < -0.4 is 30.6 Å². The zero-order valence-corrected chi connectivity index (χ0v) is 44.7. The van der Waals surface area contributed by atoms with Gasteiger partial charge in [-0.1, -0.05) is 114 Å². The molecule has 8 unspecified atom stereocenters. The lowest BCUT2D eigenvalue weighted by Gasteiger charge is -2.42. The number of aliphatic imine (C=N–C) groups is 1. The maximum absolute atomic E-state index is 13.4. The number of nitrogens with one attached hydrogen (secondary N) is 2. The number of hydrogen-bond acceptors (Lipinski definition) is 15. The molecular formula is C60H72N4O9S2. The number of phenols is 2. The fourth-order valence-corrected chi connectivity index (χ4v) is 14.5. The number of ether oxygens (including phenoxy) is 3. The van der Waals surface area contributed by atoms with Gasteiger partial charge in [0.25, 0.3) is 0 Å². The van der Waals surface area contributed by atoms with E-state index < -0.39 is 36.7 Å². The topological polar surface area (TPSA) is 208 Å². The van der Waals surface area contributed by atoms with Gasteiger partial charge in [0, 0.05) is 65.7 Å². The number of rotatable bonds is 8. The highest BCUT2D eigenvalue weighted by atomic mass is 33.1. The maximum atomic E-state index is 13.4. The van der Waals surface area contributed by atoms with Crippen LogP contribution in [-0.4, -0.2) is 92.3 Å². The van der Waals surface area contributed by atoms with Crippen LogP contribution in [0.1, 0.15) is 110 Å². The number of nitrogens with zero attached hydrogens (tertiary/aromatic N) is 1. The molecule has 6 bridgehead atoms. The van der Waals surface area contributed by atoms with Crippen molar-refractivity contribution in [2.24, 2.45) is 34.4 Å². The summed E-state index contributed by atoms with van der Waals surface area (Å²) in [7, 11) is 3.51. The lowest BCUT2D eigenvalue weighted by Crippen LogP contribution is -2.52. The van der Waals surface area contributed by atoms with E-state index in [1.165, 1.54) is 11.6 Å². The number of aliphatic hydroxyl groups excluding tert-OH is 3. The Morgan fingerprint density at radius 3 is 2.53 bits per heavy atom. The van der Waals surface area contributed by atoms with Gasteiger partial charge in [-0.2, -0.15) is 0 Å². The van der Waals surface area contributed by atoms with Crippen molar-refractivity contribution >= 4 is 33.3 Å². The number of fused-ring (bicyclic) bond motifs is 7. The van der Waals surface area contributed by atoms with Crippen LogP contribution in [0, 0.1) is 47.4 Å². The summed E-state index contributed by atoms with van der Waals surface area (Å²) in [4.78, 5) is 18.3. The van der Waals surface area contributed by atoms with Gasteiger partial charge in [0.05, 0.1) is 23.8 Å². The van der Waals surface area contributed by atoms with Gasteiger partial charge < -0.3 is 50.8 Å². The predicted octanol–water partition coefficient (Wildman–Crippen LogP) is 7.69. The number of carbonyl (C=O) groups is 1. The molecule has 4 aliphatic heterocycles. The van der Waals surface area contributed by atoms with Crippen molar-refractivity contribution in [3.63, 3.8) is 0 Å². The Bertz CT molecular complexity index is 2820. The number of aliphatic hydroxyl groups is 3. The lowest BCUT2D eigenvalue weighted by molar-refractivity contribution is -0.121. The molecule has 0 aromatic heterocycles. The van der Waals surface area contributed by atoms with Crippen LogP contribution >= 0.6 is 21.6 Å². The zero-order valence-electron chi connectivity index (χ0n) is 43.1. The number of aromatic hydroxyl groups is 2. The summed E-state index contributed by atoms with van der Waals surface area (Å²) in [6, 6.07) is 21.2. The molecule has 1 fully saturated rings. The molecule has 0 radical (unpaired) electrons. The molecule has 0 saturated heterocycles. The van der Waals surface area contributed by atoms with Gasteiger partial charge in [0.15, 0.2) is 35.8 Å². The summed E-state index contributed by atoms with van der Waals surface area (Å²) in [6.07, 6.45) is 6.29. The second-order valence-electron chi connectivity index (χ2n) is 21.4. The summed E-state index contributed by atoms with van der Waals surface area (Å²) in [6.45, 7) is 3.71. The first-order valence-corrected chi connectivity index (χ1v) is 29.2. The summed E-state index contributed by atoms with van der Waals surface area (Å²) in [5.41, 5.74) is 13.3. The van der Waals surface area contributed by atoms with Crippen molar-refractivity contribution < 1.29 is 44.5 Å². The van der Waals surface area contributed by atoms with Gasteiger partial charge in [0.2, 0.25) is 6.29 Å². The average molecular weight is 1060 g/mol. The van der Waals surface area contributed by atoms with Crippen LogP contribution in [0.15, 0.2) is 71.7 Å². The first-order chi connectivity index (χ1) is 36.3. The Morgan fingerprint density at radius 2 is 1.71 bits per heavy atom. The number of benzene rings is 4. The molecule has 6 aliphatic rings. The average Bonchev–Trinajstić information content (AvgIpc) is 3.38. The molecule has 4 aromatic rings. The molecule has 1 spiro atoms. The van der Waals surface area contributed by atoms with E-state index in [0.717, 1.165) is 73.0 Å². The third-order valence-electron chi connectivity index (χ3n) is 15.7. The summed E-state index contributed by atoms with van der Waals surface area (Å²) in [5.74, 6) is 16.3. The van der Waals surface area contributed by atoms with E-state index in [2.05, 4.69) is 84.6 Å². The molecule has 13 nitrogen and oxygen atoms in total. The summed E-state index contributed by atoms with van der Waals surface area (Å²) >= 11 is 0. The SMILES string of the molecule is CC(C)C1CSSCC2C(C#CCC3(CCCC(Cc4cc(O)cc(CCc5ccccc5)c4)C3)NCOc3c4cc(c5c3OC(O)C2C5)CCC(O)CC(=O)CCc2ccc(O)c(OCO)c2C#CC4)NC(N)=N1. The maximum Gasteiger partial charge on any atom is 0.201 e. The highest BCUT2D eigenvalue weighted by Crippen LogP contribution is 2.47. The molecule has 9 N–H and O–H groups in total. The van der Waals surface area contributed by atoms with E-state index >= 15 is 0 Å². The smallest absolute Gasteiger partial charge is 0.201 e. The van der Waals surface area contributed by atoms with E-state index in [4.69, 9.17) is 24.9 Å². The van der Waals surface area contributed by atoms with Crippen molar-refractivity contribution in [3.05, 3.63) is 111 Å². The second kappa shape index (κ2) is 25.1. The van der Waals surface area contributed by atoms with Gasteiger partial charge in [0.1, 0.15) is 18.3 Å². The fraction of sp³-hybridized carbons (Fsp3) is 0.500. The number of aryl methyl sites for hydroxylation is 4. The van der Waals surface area contributed by atoms with E-state index in [9.17, 15) is 30.3 Å². The quantitative estimate of drug-likeness (QED) is 0.0484. The zero-order chi connectivity index (χ0) is 52.5. The minimum atomic E-state index is -1.25. The first kappa shape index (κ1) is 54.3. The van der Waals surface area contributed by atoms with Crippen LogP contribution in [-0.2, 0) is 49.7 Å². The third kappa shape index (κ3) is 13.7. The number of Topliss-reactive ketones (excluding diaryl/α,β-unsaturated/α-hetero) is 1. The Morgan fingerprint density at radius 1 is 0.893 bits per heavy atom. The molecular weight excluding hydrogens is 985 g/mol. The Kier molecular flexibility index (Phi) is 18.2. The molecule has 10 rings (SSSR count). The van der Waals surface area contributed by atoms with Gasteiger partial charge >= 0.3 is 0 Å². The fourth-order valence-electron chi connectivity index (χ4n) is 11.6. The number of guanidine groups is 1. The van der Waals surface area contributed by atoms with Crippen LogP contribution in [0.4, 0.5) is 0 Å². The standard InChI is InChI=1S/C60H72N4O9S2/c1-37(2)53-34-75-74-33-51-50-31-49-43-18-21-46(67)30-45(66)20-17-42-19-22-54(69)56(72-36-65)48(42)13-6-12-44(29-43)55(57(49)73-58(50)70)71-35-62-60(24-8-14-52(51)63-59(61)64-53)23-7-11-40(32-60)26-41-25-39(27-47(68)28-41)16-15-38-9-4-3-5-10-38/h3-5,9-10,19,22,25,27-29,37,40,46,50-53,58,62,65,67-70H,7,11-12,15-18,20-21,23-24,26,30-36H2,1-2H3,(H3,61,63,64).